The zero-order valence-electron chi connectivity index (χ0n) is 22.6. The second-order valence-electron chi connectivity index (χ2n) is 9.54. The molecule has 0 radical (unpaired) electrons. The van der Waals surface area contributed by atoms with Crippen molar-refractivity contribution in [2.45, 2.75) is 38.5 Å². The summed E-state index contributed by atoms with van der Waals surface area (Å²) in [5.74, 6) is -0.449. The van der Waals surface area contributed by atoms with Crippen LogP contribution in [-0.2, 0) is 28.9 Å². The van der Waals surface area contributed by atoms with Crippen LogP contribution in [0.3, 0.4) is 0 Å². The van der Waals surface area contributed by atoms with Crippen LogP contribution in [0.25, 0.3) is 21.5 Å². The Kier molecular flexibility index (Phi) is 9.57. The molecule has 2 amide bonds. The minimum atomic E-state index is -0.293. The Morgan fingerprint density at radius 3 is 2.12 bits per heavy atom. The van der Waals surface area contributed by atoms with Gasteiger partial charge in [-0.15, -0.1) is 10.2 Å². The molecule has 3 heterocycles. The Bertz CT molecular complexity index is 1760. The van der Waals surface area contributed by atoms with Gasteiger partial charge in [-0.05, 0) is 65.1 Å². The monoisotopic (exact) mass is 596 g/mol. The van der Waals surface area contributed by atoms with E-state index in [0.717, 1.165) is 62.3 Å². The van der Waals surface area contributed by atoms with E-state index in [1.165, 1.54) is 11.3 Å². The highest BCUT2D eigenvalue weighted by atomic mass is 32.2. The van der Waals surface area contributed by atoms with Crippen molar-refractivity contribution in [3.05, 3.63) is 89.5 Å². The zero-order valence-corrected chi connectivity index (χ0v) is 24.2. The lowest BCUT2D eigenvalue weighted by atomic mass is 10.0. The van der Waals surface area contributed by atoms with E-state index in [1.54, 1.807) is 24.8 Å². The number of amides is 2. The Balaban J connectivity index is 1.00. The predicted octanol–water partition coefficient (Wildman–Crippen LogP) is 5.53. The standard InChI is InChI=1S/C30H28N8O2S2/c31-25(41-29(32)35-26(39)15-19-5-3-7-21-17-33-13-11-23(19)21)9-1-2-10-28-37-38-30(42-28)36-27(40)16-20-6-4-8-22-18-34-14-12-24(20)22/h3-8,11-14,17-18,31H,1-2,9-10,15-16H2,(H2,32,35,39)(H,36,38,40). The topological polar surface area (TPSA) is 157 Å². The highest BCUT2D eigenvalue weighted by molar-refractivity contribution is 8.26. The Morgan fingerprint density at radius 2 is 1.45 bits per heavy atom. The maximum Gasteiger partial charge on any atom is 0.230 e. The number of fused-ring (bicyclic) bond motifs is 2. The first kappa shape index (κ1) is 29.0. The third-order valence-electron chi connectivity index (χ3n) is 6.48. The van der Waals surface area contributed by atoms with Gasteiger partial charge in [-0.1, -0.05) is 47.7 Å². The number of anilines is 1. The smallest absolute Gasteiger partial charge is 0.230 e. The summed E-state index contributed by atoms with van der Waals surface area (Å²) in [6, 6.07) is 15.3. The Labute approximate surface area is 250 Å². The molecule has 3 aromatic heterocycles. The van der Waals surface area contributed by atoms with E-state index in [0.29, 0.717) is 23.0 Å². The number of hydrogen-bond donors (Lipinski definition) is 4. The van der Waals surface area contributed by atoms with Crippen molar-refractivity contribution < 1.29 is 9.59 Å². The number of nitrogens with zero attached hydrogens (tertiary/aromatic N) is 4. The van der Waals surface area contributed by atoms with Crippen molar-refractivity contribution >= 4 is 71.8 Å². The quantitative estimate of drug-likeness (QED) is 0.0937. The molecule has 0 saturated heterocycles. The molecule has 2 aromatic carbocycles. The van der Waals surface area contributed by atoms with Gasteiger partial charge in [0.25, 0.3) is 0 Å². The number of rotatable bonds is 10. The molecule has 0 bridgehead atoms. The molecular formula is C30H28N8O2S2. The maximum absolute atomic E-state index is 12.6. The molecule has 5 aromatic rings. The Hall–Kier alpha value is -4.55. The fourth-order valence-corrected chi connectivity index (χ4v) is 5.99. The number of unbranched alkanes of at least 4 members (excludes halogenated alkanes) is 1. The van der Waals surface area contributed by atoms with Crippen LogP contribution in [0.2, 0.25) is 0 Å². The lowest BCUT2D eigenvalue weighted by Gasteiger charge is -2.09. The number of benzene rings is 2. The van der Waals surface area contributed by atoms with Gasteiger partial charge in [-0.25, -0.2) is 0 Å². The van der Waals surface area contributed by atoms with Gasteiger partial charge in [0.15, 0.2) is 5.17 Å². The van der Waals surface area contributed by atoms with Crippen molar-refractivity contribution in [3.63, 3.8) is 0 Å². The molecule has 212 valence electrons. The SMILES string of the molecule is N=C(CCCCc1nnc(NC(=O)Cc2cccc3cnccc23)s1)SC(=N)NC(=O)Cc1cccc2cnccc12. The van der Waals surface area contributed by atoms with Crippen molar-refractivity contribution in [2.75, 3.05) is 5.32 Å². The molecule has 0 atom stereocenters. The number of hydrogen-bond acceptors (Lipinski definition) is 10. The molecule has 0 unspecified atom stereocenters. The summed E-state index contributed by atoms with van der Waals surface area (Å²) in [7, 11) is 0. The molecule has 0 saturated carbocycles. The van der Waals surface area contributed by atoms with Gasteiger partial charge in [0.05, 0.1) is 17.9 Å². The number of aromatic nitrogens is 4. The van der Waals surface area contributed by atoms with Crippen LogP contribution < -0.4 is 10.6 Å². The molecule has 0 spiro atoms. The summed E-state index contributed by atoms with van der Waals surface area (Å²) in [5, 5.41) is 35.4. The van der Waals surface area contributed by atoms with Crippen molar-refractivity contribution in [3.8, 4) is 0 Å². The maximum atomic E-state index is 12.6. The summed E-state index contributed by atoms with van der Waals surface area (Å²) in [6.45, 7) is 0. The van der Waals surface area contributed by atoms with Gasteiger partial charge in [-0.3, -0.25) is 30.4 Å². The average Bonchev–Trinajstić information content (AvgIpc) is 3.42. The summed E-state index contributed by atoms with van der Waals surface area (Å²) < 4.78 is 0. The molecule has 5 rings (SSSR count). The average molecular weight is 597 g/mol. The van der Waals surface area contributed by atoms with Crippen molar-refractivity contribution in [2.24, 2.45) is 0 Å². The molecule has 0 aliphatic rings. The number of aryl methyl sites for hydroxylation is 1. The molecule has 0 aliphatic heterocycles. The van der Waals surface area contributed by atoms with E-state index in [-0.39, 0.29) is 29.8 Å². The van der Waals surface area contributed by atoms with Crippen molar-refractivity contribution in [1.82, 2.24) is 25.5 Å². The van der Waals surface area contributed by atoms with Gasteiger partial charge >= 0.3 is 0 Å². The van der Waals surface area contributed by atoms with E-state index >= 15 is 0 Å². The fraction of sp³-hybridized carbons (Fsp3) is 0.200. The third-order valence-corrected chi connectivity index (χ3v) is 8.14. The largest absolute Gasteiger partial charge is 0.305 e. The van der Waals surface area contributed by atoms with E-state index < -0.39 is 0 Å². The fourth-order valence-electron chi connectivity index (χ4n) is 4.53. The lowest BCUT2D eigenvalue weighted by molar-refractivity contribution is -0.119. The van der Waals surface area contributed by atoms with Crippen LogP contribution in [0.1, 0.15) is 35.4 Å². The van der Waals surface area contributed by atoms with Crippen LogP contribution in [0.15, 0.2) is 73.3 Å². The first-order chi connectivity index (χ1) is 20.4. The minimum Gasteiger partial charge on any atom is -0.305 e. The number of nitrogens with one attached hydrogen (secondary N) is 4. The van der Waals surface area contributed by atoms with E-state index in [2.05, 4.69) is 30.8 Å². The highest BCUT2D eigenvalue weighted by Gasteiger charge is 2.13. The molecule has 42 heavy (non-hydrogen) atoms. The summed E-state index contributed by atoms with van der Waals surface area (Å²) in [6.07, 6.45) is 9.99. The summed E-state index contributed by atoms with van der Waals surface area (Å²) >= 11 is 2.29. The summed E-state index contributed by atoms with van der Waals surface area (Å²) in [4.78, 5) is 33.3. The van der Waals surface area contributed by atoms with E-state index in [1.807, 2.05) is 48.5 Å². The van der Waals surface area contributed by atoms with Gasteiger partial charge < -0.3 is 10.6 Å². The number of carbonyl (C=O) groups excluding carboxylic acids is 2. The summed E-state index contributed by atoms with van der Waals surface area (Å²) in [5.41, 5.74) is 1.79. The first-order valence-corrected chi connectivity index (χ1v) is 15.0. The third kappa shape index (κ3) is 7.80. The lowest BCUT2D eigenvalue weighted by Crippen LogP contribution is -2.29. The van der Waals surface area contributed by atoms with Crippen LogP contribution in [0, 0.1) is 10.8 Å². The number of carbonyl (C=O) groups is 2. The molecule has 0 fully saturated rings. The normalized spacial score (nSPS) is 11.0. The van der Waals surface area contributed by atoms with E-state index in [9.17, 15) is 9.59 Å². The predicted molar refractivity (Wildman–Crippen MR) is 168 cm³/mol. The highest BCUT2D eigenvalue weighted by Crippen LogP contribution is 2.22. The Morgan fingerprint density at radius 1 is 0.810 bits per heavy atom. The van der Waals surface area contributed by atoms with Crippen LogP contribution in [0.4, 0.5) is 5.13 Å². The number of thioether (sulfide) groups is 1. The molecule has 4 N–H and O–H groups in total. The molecule has 0 aliphatic carbocycles. The first-order valence-electron chi connectivity index (χ1n) is 13.3. The van der Waals surface area contributed by atoms with Gasteiger partial charge in [0.1, 0.15) is 5.01 Å². The van der Waals surface area contributed by atoms with Crippen LogP contribution in [0.5, 0.6) is 0 Å². The molecule has 10 nitrogen and oxygen atoms in total. The van der Waals surface area contributed by atoms with Crippen molar-refractivity contribution in [1.29, 1.82) is 10.8 Å². The van der Waals surface area contributed by atoms with Gasteiger partial charge in [0.2, 0.25) is 16.9 Å². The van der Waals surface area contributed by atoms with Crippen LogP contribution in [-0.4, -0.2) is 42.2 Å². The van der Waals surface area contributed by atoms with E-state index in [4.69, 9.17) is 10.8 Å². The number of amidine groups is 1. The molecule has 12 heteroatoms. The van der Waals surface area contributed by atoms with Gasteiger partial charge in [0, 0.05) is 42.0 Å². The molecular weight excluding hydrogens is 569 g/mol. The minimum absolute atomic E-state index is 0.0587. The second-order valence-corrected chi connectivity index (χ2v) is 11.7. The number of pyridine rings is 2. The van der Waals surface area contributed by atoms with Crippen LogP contribution >= 0.6 is 23.1 Å². The second kappa shape index (κ2) is 13.9. The zero-order chi connectivity index (χ0) is 29.3. The van der Waals surface area contributed by atoms with Gasteiger partial charge in [-0.2, -0.15) is 0 Å².